The molecule has 1 aromatic rings. The average molecular weight is 334 g/mol. The summed E-state index contributed by atoms with van der Waals surface area (Å²) in [5, 5.41) is 11.9. The van der Waals surface area contributed by atoms with Gasteiger partial charge in [0.15, 0.2) is 18.1 Å². The van der Waals surface area contributed by atoms with Crippen LogP contribution in [-0.2, 0) is 9.53 Å². The van der Waals surface area contributed by atoms with E-state index < -0.39 is 17.4 Å². The van der Waals surface area contributed by atoms with Gasteiger partial charge in [-0.05, 0) is 31.0 Å². The van der Waals surface area contributed by atoms with Crippen molar-refractivity contribution in [1.82, 2.24) is 5.32 Å². The number of esters is 1. The Morgan fingerprint density at radius 1 is 1.29 bits per heavy atom. The van der Waals surface area contributed by atoms with Crippen LogP contribution < -0.4 is 14.8 Å². The minimum atomic E-state index is -0.973. The third kappa shape index (κ3) is 4.62. The summed E-state index contributed by atoms with van der Waals surface area (Å²) in [7, 11) is 2.71. The number of nitriles is 1. The summed E-state index contributed by atoms with van der Waals surface area (Å²) in [6, 6.07) is 6.58. The third-order valence-electron chi connectivity index (χ3n) is 3.73. The second kappa shape index (κ2) is 8.20. The summed E-state index contributed by atoms with van der Waals surface area (Å²) in [6.45, 7) is 5.07. The lowest BCUT2D eigenvalue weighted by Gasteiger charge is -2.27. The average Bonchev–Trinajstić information content (AvgIpc) is 2.58. The van der Waals surface area contributed by atoms with E-state index in [0.717, 1.165) is 0 Å². The molecule has 1 unspecified atom stereocenters. The smallest absolute Gasteiger partial charge is 0.337 e. The second-order valence-electron chi connectivity index (χ2n) is 5.66. The number of nitrogens with one attached hydrogen (secondary N) is 1. The number of amides is 1. The Hall–Kier alpha value is -2.75. The van der Waals surface area contributed by atoms with Crippen LogP contribution in [0.3, 0.4) is 0 Å². The van der Waals surface area contributed by atoms with Crippen molar-refractivity contribution in [3.8, 4) is 17.6 Å². The first-order valence-electron chi connectivity index (χ1n) is 7.38. The van der Waals surface area contributed by atoms with E-state index in [1.807, 2.05) is 13.8 Å². The van der Waals surface area contributed by atoms with Crippen molar-refractivity contribution in [2.24, 2.45) is 5.92 Å². The molecule has 0 saturated heterocycles. The summed E-state index contributed by atoms with van der Waals surface area (Å²) in [6.07, 6.45) is 0. The molecular formula is C17H22N2O5. The Balaban J connectivity index is 2.79. The van der Waals surface area contributed by atoms with Crippen molar-refractivity contribution < 1.29 is 23.8 Å². The normalized spacial score (nSPS) is 12.7. The number of ether oxygens (including phenoxy) is 3. The van der Waals surface area contributed by atoms with Gasteiger partial charge in [-0.15, -0.1) is 0 Å². The van der Waals surface area contributed by atoms with Gasteiger partial charge in [0.05, 0.1) is 25.9 Å². The van der Waals surface area contributed by atoms with Gasteiger partial charge >= 0.3 is 5.97 Å². The highest BCUT2D eigenvalue weighted by molar-refractivity contribution is 5.90. The summed E-state index contributed by atoms with van der Waals surface area (Å²) in [5.74, 6) is -0.368. The lowest BCUT2D eigenvalue weighted by molar-refractivity contribution is -0.124. The van der Waals surface area contributed by atoms with Gasteiger partial charge in [0.25, 0.3) is 5.91 Å². The summed E-state index contributed by atoms with van der Waals surface area (Å²) in [4.78, 5) is 23.5. The Bertz CT molecular complexity index is 651. The van der Waals surface area contributed by atoms with Crippen molar-refractivity contribution in [2.75, 3.05) is 20.8 Å². The Morgan fingerprint density at radius 3 is 2.46 bits per heavy atom. The predicted octanol–water partition coefficient (Wildman–Crippen LogP) is 1.92. The first kappa shape index (κ1) is 19.3. The van der Waals surface area contributed by atoms with E-state index in [-0.39, 0.29) is 12.5 Å². The standard InChI is InChI=1S/C17H22N2O5/c1-11(2)17(3,10-18)19-15(20)9-24-13-7-6-12(16(21)23-5)8-14(13)22-4/h6-8,11H,9H2,1-5H3,(H,19,20). The molecular weight excluding hydrogens is 312 g/mol. The quantitative estimate of drug-likeness (QED) is 0.765. The number of hydrogen-bond acceptors (Lipinski definition) is 6. The highest BCUT2D eigenvalue weighted by atomic mass is 16.5. The Morgan fingerprint density at radius 2 is 1.96 bits per heavy atom. The zero-order valence-electron chi connectivity index (χ0n) is 14.5. The fraction of sp³-hybridized carbons (Fsp3) is 0.471. The molecule has 1 N–H and O–H groups in total. The number of rotatable bonds is 7. The van der Waals surface area contributed by atoms with Crippen LogP contribution in [0.1, 0.15) is 31.1 Å². The molecule has 0 aliphatic heterocycles. The van der Waals surface area contributed by atoms with E-state index in [0.29, 0.717) is 17.1 Å². The molecule has 0 spiro atoms. The second-order valence-corrected chi connectivity index (χ2v) is 5.66. The Labute approximate surface area is 141 Å². The monoisotopic (exact) mass is 334 g/mol. The molecule has 7 nitrogen and oxygen atoms in total. The van der Waals surface area contributed by atoms with Crippen LogP contribution in [0, 0.1) is 17.2 Å². The number of carbonyl (C=O) groups excluding carboxylic acids is 2. The fourth-order valence-corrected chi connectivity index (χ4v) is 1.80. The van der Waals surface area contributed by atoms with Crippen molar-refractivity contribution in [1.29, 1.82) is 5.26 Å². The summed E-state index contributed by atoms with van der Waals surface area (Å²) >= 11 is 0. The minimum absolute atomic E-state index is 0.0553. The van der Waals surface area contributed by atoms with E-state index in [9.17, 15) is 14.9 Å². The van der Waals surface area contributed by atoms with Gasteiger partial charge in [0.1, 0.15) is 5.54 Å². The topological polar surface area (TPSA) is 97.6 Å². The molecule has 1 atom stereocenters. The maximum absolute atomic E-state index is 12.0. The van der Waals surface area contributed by atoms with E-state index in [1.165, 1.54) is 32.4 Å². The van der Waals surface area contributed by atoms with Gasteiger partial charge in [-0.1, -0.05) is 13.8 Å². The summed E-state index contributed by atoms with van der Waals surface area (Å²) in [5.41, 5.74) is -0.665. The first-order chi connectivity index (χ1) is 11.3. The van der Waals surface area contributed by atoms with Crippen LogP contribution in [0.4, 0.5) is 0 Å². The van der Waals surface area contributed by atoms with Crippen LogP contribution in [0.15, 0.2) is 18.2 Å². The molecule has 24 heavy (non-hydrogen) atoms. The minimum Gasteiger partial charge on any atom is -0.493 e. The SMILES string of the molecule is COC(=O)c1ccc(OCC(=O)NC(C)(C#N)C(C)C)c(OC)c1. The van der Waals surface area contributed by atoms with Crippen molar-refractivity contribution in [3.05, 3.63) is 23.8 Å². The zero-order chi connectivity index (χ0) is 18.3. The molecule has 0 aliphatic carbocycles. The lowest BCUT2D eigenvalue weighted by atomic mass is 9.90. The van der Waals surface area contributed by atoms with Gasteiger partial charge < -0.3 is 19.5 Å². The lowest BCUT2D eigenvalue weighted by Crippen LogP contribution is -2.50. The Kier molecular flexibility index (Phi) is 6.59. The summed E-state index contributed by atoms with van der Waals surface area (Å²) < 4.78 is 15.2. The van der Waals surface area contributed by atoms with Gasteiger partial charge in [-0.25, -0.2) is 4.79 Å². The molecule has 1 amide bonds. The van der Waals surface area contributed by atoms with Crippen molar-refractivity contribution in [3.63, 3.8) is 0 Å². The maximum atomic E-state index is 12.0. The fourth-order valence-electron chi connectivity index (χ4n) is 1.80. The molecule has 0 aromatic heterocycles. The van der Waals surface area contributed by atoms with Gasteiger partial charge in [-0.2, -0.15) is 5.26 Å². The first-order valence-corrected chi connectivity index (χ1v) is 7.38. The molecule has 0 bridgehead atoms. The van der Waals surface area contributed by atoms with Crippen molar-refractivity contribution >= 4 is 11.9 Å². The van der Waals surface area contributed by atoms with E-state index >= 15 is 0 Å². The number of methoxy groups -OCH3 is 2. The number of hydrogen-bond donors (Lipinski definition) is 1. The molecule has 0 heterocycles. The molecule has 130 valence electrons. The third-order valence-corrected chi connectivity index (χ3v) is 3.73. The predicted molar refractivity (Wildman–Crippen MR) is 86.8 cm³/mol. The van der Waals surface area contributed by atoms with Crippen LogP contribution in [0.5, 0.6) is 11.5 Å². The van der Waals surface area contributed by atoms with Crippen LogP contribution in [0.25, 0.3) is 0 Å². The molecule has 7 heteroatoms. The molecule has 0 fully saturated rings. The molecule has 1 aromatic carbocycles. The maximum Gasteiger partial charge on any atom is 0.337 e. The van der Waals surface area contributed by atoms with Gasteiger partial charge in [0.2, 0.25) is 0 Å². The van der Waals surface area contributed by atoms with Gasteiger partial charge in [-0.3, -0.25) is 4.79 Å². The van der Waals surface area contributed by atoms with Crippen molar-refractivity contribution in [2.45, 2.75) is 26.3 Å². The van der Waals surface area contributed by atoms with E-state index in [4.69, 9.17) is 9.47 Å². The van der Waals surface area contributed by atoms with Crippen LogP contribution >= 0.6 is 0 Å². The molecule has 1 rings (SSSR count). The van der Waals surface area contributed by atoms with Gasteiger partial charge in [0, 0.05) is 0 Å². The number of benzene rings is 1. The largest absolute Gasteiger partial charge is 0.493 e. The number of carbonyl (C=O) groups is 2. The zero-order valence-corrected chi connectivity index (χ0v) is 14.5. The molecule has 0 aliphatic rings. The van der Waals surface area contributed by atoms with Crippen LogP contribution in [0.2, 0.25) is 0 Å². The highest BCUT2D eigenvalue weighted by Crippen LogP contribution is 2.28. The number of nitrogens with zero attached hydrogens (tertiary/aromatic N) is 1. The highest BCUT2D eigenvalue weighted by Gasteiger charge is 2.30. The van der Waals surface area contributed by atoms with Crippen LogP contribution in [-0.4, -0.2) is 38.2 Å². The van der Waals surface area contributed by atoms with E-state index in [2.05, 4.69) is 16.1 Å². The molecule has 0 radical (unpaired) electrons. The van der Waals surface area contributed by atoms with E-state index in [1.54, 1.807) is 6.92 Å². The molecule has 0 saturated carbocycles.